The summed E-state index contributed by atoms with van der Waals surface area (Å²) in [6.45, 7) is 4.83. The number of hydrogen-bond acceptors (Lipinski definition) is 5. The quantitative estimate of drug-likeness (QED) is 0.586. The number of nitrogens with one attached hydrogen (secondary N) is 2. The fourth-order valence-electron chi connectivity index (χ4n) is 3.08. The second-order valence-corrected chi connectivity index (χ2v) is 6.09. The first kappa shape index (κ1) is 15.4. The summed E-state index contributed by atoms with van der Waals surface area (Å²) in [4.78, 5) is 3.31. The molecule has 1 aromatic carbocycles. The average Bonchev–Trinajstić information content (AvgIpc) is 3.24. The summed E-state index contributed by atoms with van der Waals surface area (Å²) in [5.74, 6) is 0.868. The highest BCUT2D eigenvalue weighted by atomic mass is 16.5. The first-order valence-electron chi connectivity index (χ1n) is 8.22. The molecule has 0 aliphatic heterocycles. The Kier molecular flexibility index (Phi) is 3.76. The third-order valence-electron chi connectivity index (χ3n) is 4.60. The second kappa shape index (κ2) is 6.08. The first-order valence-corrected chi connectivity index (χ1v) is 8.22. The van der Waals surface area contributed by atoms with Gasteiger partial charge in [-0.05, 0) is 49.6 Å². The molecule has 2 N–H and O–H groups in total. The first-order chi connectivity index (χ1) is 12.2. The van der Waals surface area contributed by atoms with Gasteiger partial charge in [0.15, 0.2) is 0 Å². The number of fused-ring (bicyclic) bond motifs is 2. The molecular formula is C18H20N6O. The van der Waals surface area contributed by atoms with Crippen LogP contribution in [0.25, 0.3) is 16.6 Å². The Labute approximate surface area is 145 Å². The van der Waals surface area contributed by atoms with E-state index in [-0.39, 0.29) is 0 Å². The largest absolute Gasteiger partial charge is 0.497 e. The molecule has 0 unspecified atom stereocenters. The molecular weight excluding hydrogens is 316 g/mol. The molecule has 0 saturated heterocycles. The maximum absolute atomic E-state index is 5.33. The molecule has 3 heterocycles. The van der Waals surface area contributed by atoms with Crippen molar-refractivity contribution in [3.8, 4) is 5.75 Å². The van der Waals surface area contributed by atoms with Crippen LogP contribution in [0, 0.1) is 13.8 Å². The number of aromatic amines is 1. The van der Waals surface area contributed by atoms with E-state index < -0.39 is 0 Å². The minimum absolute atomic E-state index is 0.753. The van der Waals surface area contributed by atoms with Gasteiger partial charge in [-0.3, -0.25) is 0 Å². The fourth-order valence-corrected chi connectivity index (χ4v) is 3.08. The van der Waals surface area contributed by atoms with E-state index >= 15 is 0 Å². The Hall–Kier alpha value is -3.09. The smallest absolute Gasteiger partial charge is 0.200 e. The molecule has 4 aromatic rings. The number of methoxy groups -OCH3 is 1. The van der Waals surface area contributed by atoms with Crippen LogP contribution in [-0.4, -0.2) is 38.4 Å². The van der Waals surface area contributed by atoms with Crippen LogP contribution in [-0.2, 0) is 6.42 Å². The van der Waals surface area contributed by atoms with Crippen molar-refractivity contribution in [2.45, 2.75) is 20.3 Å². The maximum atomic E-state index is 5.33. The highest BCUT2D eigenvalue weighted by Crippen LogP contribution is 2.25. The Morgan fingerprint density at radius 2 is 2.16 bits per heavy atom. The molecule has 7 heteroatoms. The minimum Gasteiger partial charge on any atom is -0.497 e. The Bertz CT molecular complexity index is 1050. The van der Waals surface area contributed by atoms with E-state index in [4.69, 9.17) is 4.74 Å². The zero-order chi connectivity index (χ0) is 17.4. The lowest BCUT2D eigenvalue weighted by atomic mass is 10.1. The Balaban J connectivity index is 1.57. The highest BCUT2D eigenvalue weighted by Gasteiger charge is 2.12. The molecule has 7 nitrogen and oxygen atoms in total. The van der Waals surface area contributed by atoms with Gasteiger partial charge < -0.3 is 15.0 Å². The van der Waals surface area contributed by atoms with Crippen molar-refractivity contribution in [1.29, 1.82) is 0 Å². The van der Waals surface area contributed by atoms with Gasteiger partial charge in [-0.1, -0.05) is 0 Å². The topological polar surface area (TPSA) is 80.1 Å². The molecule has 0 spiro atoms. The van der Waals surface area contributed by atoms with Gasteiger partial charge in [-0.15, -0.1) is 10.2 Å². The van der Waals surface area contributed by atoms with E-state index in [1.807, 2.05) is 19.1 Å². The van der Waals surface area contributed by atoms with Gasteiger partial charge in [-0.25, -0.2) is 0 Å². The molecule has 0 aliphatic rings. The fraction of sp³-hybridized carbons (Fsp3) is 0.278. The molecule has 0 fully saturated rings. The number of aryl methyl sites for hydroxylation is 1. The van der Waals surface area contributed by atoms with Crippen molar-refractivity contribution in [2.24, 2.45) is 0 Å². The van der Waals surface area contributed by atoms with Crippen molar-refractivity contribution in [2.75, 3.05) is 19.0 Å². The summed E-state index contributed by atoms with van der Waals surface area (Å²) in [6, 6.07) is 6.08. The normalized spacial score (nSPS) is 11.3. The summed E-state index contributed by atoms with van der Waals surface area (Å²) < 4.78 is 7.04. The summed E-state index contributed by atoms with van der Waals surface area (Å²) >= 11 is 0. The standard InChI is InChI=1S/C18H20N6O/c1-11-12(2)23-24-10-21-22-18(24)17(11)19-7-6-13-9-20-16-5-4-14(25-3)8-15(13)16/h4-5,8-10,19-20H,6-7H2,1-3H3. The van der Waals surface area contributed by atoms with Crippen molar-refractivity contribution in [3.05, 3.63) is 47.5 Å². The van der Waals surface area contributed by atoms with Gasteiger partial charge in [0.25, 0.3) is 0 Å². The van der Waals surface area contributed by atoms with Crippen LogP contribution in [0.3, 0.4) is 0 Å². The van der Waals surface area contributed by atoms with E-state index in [0.717, 1.165) is 46.8 Å². The molecule has 128 valence electrons. The number of H-pyrrole nitrogens is 1. The molecule has 0 aliphatic carbocycles. The van der Waals surface area contributed by atoms with Crippen molar-refractivity contribution < 1.29 is 4.74 Å². The lowest BCUT2D eigenvalue weighted by Crippen LogP contribution is -2.10. The summed E-state index contributed by atoms with van der Waals surface area (Å²) in [5.41, 5.74) is 6.17. The van der Waals surface area contributed by atoms with Gasteiger partial charge in [0.05, 0.1) is 18.5 Å². The van der Waals surface area contributed by atoms with Gasteiger partial charge in [0.1, 0.15) is 12.1 Å². The van der Waals surface area contributed by atoms with Crippen LogP contribution < -0.4 is 10.1 Å². The van der Waals surface area contributed by atoms with Gasteiger partial charge in [0.2, 0.25) is 5.65 Å². The van der Waals surface area contributed by atoms with Crippen molar-refractivity contribution in [3.63, 3.8) is 0 Å². The highest BCUT2D eigenvalue weighted by molar-refractivity contribution is 5.84. The Morgan fingerprint density at radius 1 is 1.28 bits per heavy atom. The second-order valence-electron chi connectivity index (χ2n) is 6.09. The predicted molar refractivity (Wildman–Crippen MR) is 97.3 cm³/mol. The van der Waals surface area contributed by atoms with Gasteiger partial charge in [0, 0.05) is 23.6 Å². The van der Waals surface area contributed by atoms with Crippen LogP contribution in [0.15, 0.2) is 30.7 Å². The molecule has 3 aromatic heterocycles. The molecule has 0 atom stereocenters. The summed E-state index contributed by atoms with van der Waals surface area (Å²) in [6.07, 6.45) is 4.57. The van der Waals surface area contributed by atoms with Crippen molar-refractivity contribution in [1.82, 2.24) is 24.8 Å². The van der Waals surface area contributed by atoms with Crippen LogP contribution >= 0.6 is 0 Å². The molecule has 0 amide bonds. The van der Waals surface area contributed by atoms with Crippen LogP contribution in [0.1, 0.15) is 16.8 Å². The van der Waals surface area contributed by atoms with Crippen molar-refractivity contribution >= 4 is 22.2 Å². The minimum atomic E-state index is 0.753. The van der Waals surface area contributed by atoms with Crippen LogP contribution in [0.5, 0.6) is 5.75 Å². The number of nitrogens with zero attached hydrogens (tertiary/aromatic N) is 4. The Morgan fingerprint density at radius 3 is 3.00 bits per heavy atom. The van der Waals surface area contributed by atoms with Crippen LogP contribution in [0.4, 0.5) is 5.69 Å². The summed E-state index contributed by atoms with van der Waals surface area (Å²) in [7, 11) is 1.69. The molecule has 25 heavy (non-hydrogen) atoms. The number of hydrogen-bond donors (Lipinski definition) is 2. The lowest BCUT2D eigenvalue weighted by Gasteiger charge is -2.12. The molecule has 0 radical (unpaired) electrons. The van der Waals surface area contributed by atoms with Crippen LogP contribution in [0.2, 0.25) is 0 Å². The van der Waals surface area contributed by atoms with E-state index in [2.05, 4.69) is 44.8 Å². The number of aromatic nitrogens is 5. The van der Waals surface area contributed by atoms with E-state index in [9.17, 15) is 0 Å². The monoisotopic (exact) mass is 336 g/mol. The predicted octanol–water partition coefficient (Wildman–Crippen LogP) is 2.89. The van der Waals surface area contributed by atoms with E-state index in [1.54, 1.807) is 18.0 Å². The molecule has 0 bridgehead atoms. The number of ether oxygens (including phenoxy) is 1. The number of rotatable bonds is 5. The van der Waals surface area contributed by atoms with E-state index in [1.165, 1.54) is 10.9 Å². The third-order valence-corrected chi connectivity index (χ3v) is 4.60. The van der Waals surface area contributed by atoms with E-state index in [0.29, 0.717) is 0 Å². The molecule has 4 rings (SSSR count). The number of anilines is 1. The SMILES string of the molecule is COc1ccc2[nH]cc(CCNc3c(C)c(C)nn4cnnc34)c2c1. The lowest BCUT2D eigenvalue weighted by molar-refractivity contribution is 0.415. The average molecular weight is 336 g/mol. The maximum Gasteiger partial charge on any atom is 0.200 e. The molecule has 0 saturated carbocycles. The zero-order valence-corrected chi connectivity index (χ0v) is 14.5. The third kappa shape index (κ3) is 2.67. The zero-order valence-electron chi connectivity index (χ0n) is 14.5. The number of benzene rings is 1. The summed E-state index contributed by atoms with van der Waals surface area (Å²) in [5, 5.41) is 17.3. The van der Waals surface area contributed by atoms with Gasteiger partial charge >= 0.3 is 0 Å². The van der Waals surface area contributed by atoms with Gasteiger partial charge in [-0.2, -0.15) is 9.61 Å².